The van der Waals surface area contributed by atoms with Crippen LogP contribution in [-0.4, -0.2) is 14.2 Å². The predicted molar refractivity (Wildman–Crippen MR) is 149 cm³/mol. The standard InChI is InChI=1S/C30H48O3P/c1-27(2,3)21-17-15-18-22(28(4,5)6)25(21)33-34(31-13,32-14)26-23(29(7,8)9)19-16-20-24(26)30(10,11)12/h15-20H,1-14H3/q+1. The number of benzene rings is 2. The molecule has 0 fully saturated rings. The van der Waals surface area contributed by atoms with E-state index in [9.17, 15) is 0 Å². The van der Waals surface area contributed by atoms with Gasteiger partial charge in [0, 0.05) is 22.3 Å². The van der Waals surface area contributed by atoms with Gasteiger partial charge in [0.15, 0.2) is 11.1 Å². The molecule has 2 rings (SSSR count). The van der Waals surface area contributed by atoms with E-state index in [-0.39, 0.29) is 21.7 Å². The zero-order valence-electron chi connectivity index (χ0n) is 24.1. The fourth-order valence-electron chi connectivity index (χ4n) is 4.36. The number of hydrogen-bond acceptors (Lipinski definition) is 3. The minimum absolute atomic E-state index is 0.107. The third-order valence-corrected chi connectivity index (χ3v) is 8.66. The highest BCUT2D eigenvalue weighted by atomic mass is 31.2. The number of rotatable bonds is 5. The van der Waals surface area contributed by atoms with Crippen LogP contribution in [0.5, 0.6) is 5.75 Å². The Morgan fingerprint density at radius 1 is 0.500 bits per heavy atom. The Balaban J connectivity index is 3.00. The van der Waals surface area contributed by atoms with Crippen LogP contribution in [0, 0.1) is 0 Å². The van der Waals surface area contributed by atoms with E-state index in [0.717, 1.165) is 22.2 Å². The third-order valence-electron chi connectivity index (χ3n) is 6.25. The first kappa shape index (κ1) is 28.8. The molecular weight excluding hydrogens is 439 g/mol. The quantitative estimate of drug-likeness (QED) is 0.395. The first-order valence-corrected chi connectivity index (χ1v) is 13.8. The zero-order chi connectivity index (χ0) is 26.3. The van der Waals surface area contributed by atoms with Gasteiger partial charge in [-0.2, -0.15) is 9.05 Å². The van der Waals surface area contributed by atoms with Crippen LogP contribution < -0.4 is 9.83 Å². The molecule has 0 radical (unpaired) electrons. The van der Waals surface area contributed by atoms with Crippen molar-refractivity contribution in [1.82, 2.24) is 0 Å². The summed E-state index contributed by atoms with van der Waals surface area (Å²) in [5.41, 5.74) is 4.27. The van der Waals surface area contributed by atoms with Crippen molar-refractivity contribution >= 4 is 13.2 Å². The molecule has 0 saturated heterocycles. The van der Waals surface area contributed by atoms with Crippen LogP contribution in [0.1, 0.15) is 105 Å². The molecule has 0 aliphatic heterocycles. The van der Waals surface area contributed by atoms with Gasteiger partial charge in [0.1, 0.15) is 0 Å². The molecule has 0 unspecified atom stereocenters. The topological polar surface area (TPSA) is 27.7 Å². The molecule has 0 amide bonds. The van der Waals surface area contributed by atoms with Gasteiger partial charge in [0.05, 0.1) is 14.2 Å². The van der Waals surface area contributed by atoms with Gasteiger partial charge in [-0.05, 0) is 21.7 Å². The maximum atomic E-state index is 7.14. The van der Waals surface area contributed by atoms with Crippen LogP contribution in [0.15, 0.2) is 36.4 Å². The lowest BCUT2D eigenvalue weighted by Crippen LogP contribution is -2.36. The molecular formula is C30H48O3P+. The van der Waals surface area contributed by atoms with Crippen molar-refractivity contribution in [3.8, 4) is 5.75 Å². The Morgan fingerprint density at radius 2 is 0.794 bits per heavy atom. The second-order valence-corrected chi connectivity index (χ2v) is 15.7. The number of para-hydroxylation sites is 1. The van der Waals surface area contributed by atoms with E-state index in [2.05, 4.69) is 119 Å². The summed E-state index contributed by atoms with van der Waals surface area (Å²) >= 11 is 0. The summed E-state index contributed by atoms with van der Waals surface area (Å²) in [7, 11) is 0.450. The largest absolute Gasteiger partial charge is 0.492 e. The second kappa shape index (κ2) is 9.57. The lowest BCUT2D eigenvalue weighted by molar-refractivity contribution is 0.255. The maximum Gasteiger partial charge on any atom is 0.492 e. The molecule has 0 aliphatic carbocycles. The Kier molecular flexibility index (Phi) is 8.11. The molecule has 34 heavy (non-hydrogen) atoms. The molecule has 0 saturated carbocycles. The zero-order valence-corrected chi connectivity index (χ0v) is 25.0. The van der Waals surface area contributed by atoms with Gasteiger partial charge in [-0.25, -0.2) is 0 Å². The van der Waals surface area contributed by atoms with Gasteiger partial charge >= 0.3 is 7.94 Å². The Morgan fingerprint density at radius 3 is 1.06 bits per heavy atom. The SMILES string of the molecule is CO[P+](OC)(Oc1c(C(C)(C)C)cccc1C(C)(C)C)c1c(C(C)(C)C)cccc1C(C)(C)C. The normalized spacial score (nSPS) is 13.8. The van der Waals surface area contributed by atoms with E-state index in [1.807, 2.05) is 0 Å². The summed E-state index contributed by atoms with van der Waals surface area (Å²) in [5, 5.41) is 1.06. The van der Waals surface area contributed by atoms with Crippen molar-refractivity contribution in [1.29, 1.82) is 0 Å². The van der Waals surface area contributed by atoms with E-state index < -0.39 is 7.94 Å². The highest BCUT2D eigenvalue weighted by Crippen LogP contribution is 2.63. The molecule has 0 N–H and O–H groups in total. The molecule has 3 nitrogen and oxygen atoms in total. The molecule has 0 heterocycles. The number of hydrogen-bond donors (Lipinski definition) is 0. The van der Waals surface area contributed by atoms with Crippen molar-refractivity contribution in [3.63, 3.8) is 0 Å². The van der Waals surface area contributed by atoms with Crippen molar-refractivity contribution in [2.24, 2.45) is 0 Å². The fraction of sp³-hybridized carbons (Fsp3) is 0.600. The summed E-state index contributed by atoms with van der Waals surface area (Å²) in [6.45, 7) is 26.8. The lowest BCUT2D eigenvalue weighted by Gasteiger charge is -2.34. The summed E-state index contributed by atoms with van der Waals surface area (Å²) in [6.07, 6.45) is 0. The maximum absolute atomic E-state index is 7.14. The minimum Gasteiger partial charge on any atom is -0.280 e. The van der Waals surface area contributed by atoms with Gasteiger partial charge in [-0.15, -0.1) is 0 Å². The average Bonchev–Trinajstić information content (AvgIpc) is 2.68. The summed E-state index contributed by atoms with van der Waals surface area (Å²) in [5.74, 6) is 0.878. The van der Waals surface area contributed by atoms with E-state index >= 15 is 0 Å². The molecule has 0 aromatic heterocycles. The minimum atomic E-state index is -2.99. The van der Waals surface area contributed by atoms with Crippen LogP contribution in [-0.2, 0) is 30.7 Å². The Labute approximate surface area is 210 Å². The molecule has 0 bridgehead atoms. The highest BCUT2D eigenvalue weighted by Gasteiger charge is 2.55. The van der Waals surface area contributed by atoms with Crippen LogP contribution in [0.2, 0.25) is 0 Å². The molecule has 0 aliphatic rings. The average molecular weight is 488 g/mol. The van der Waals surface area contributed by atoms with Gasteiger partial charge in [0.25, 0.3) is 0 Å². The van der Waals surface area contributed by atoms with Gasteiger partial charge in [-0.1, -0.05) is 119 Å². The van der Waals surface area contributed by atoms with Crippen molar-refractivity contribution in [2.45, 2.75) is 105 Å². The van der Waals surface area contributed by atoms with Gasteiger partial charge < -0.3 is 0 Å². The van der Waals surface area contributed by atoms with Gasteiger partial charge in [0.2, 0.25) is 0 Å². The summed E-state index contributed by atoms with van der Waals surface area (Å²) in [6, 6.07) is 13.0. The molecule has 190 valence electrons. The smallest absolute Gasteiger partial charge is 0.280 e. The fourth-order valence-corrected chi connectivity index (χ4v) is 6.96. The first-order valence-electron chi connectivity index (χ1n) is 12.3. The molecule has 2 aromatic carbocycles. The van der Waals surface area contributed by atoms with E-state index in [4.69, 9.17) is 13.6 Å². The van der Waals surface area contributed by atoms with E-state index in [1.165, 1.54) is 11.1 Å². The van der Waals surface area contributed by atoms with E-state index in [0.29, 0.717) is 0 Å². The second-order valence-electron chi connectivity index (χ2n) is 13.3. The van der Waals surface area contributed by atoms with Crippen molar-refractivity contribution in [2.75, 3.05) is 14.2 Å². The predicted octanol–water partition coefficient (Wildman–Crippen LogP) is 8.64. The van der Waals surface area contributed by atoms with Crippen LogP contribution in [0.3, 0.4) is 0 Å². The first-order chi connectivity index (χ1) is 15.3. The summed E-state index contributed by atoms with van der Waals surface area (Å²) in [4.78, 5) is 0. The Bertz CT molecular complexity index is 927. The molecule has 4 heteroatoms. The van der Waals surface area contributed by atoms with Crippen LogP contribution >= 0.6 is 7.94 Å². The highest BCUT2D eigenvalue weighted by molar-refractivity contribution is 7.70. The van der Waals surface area contributed by atoms with Gasteiger partial charge in [-0.3, -0.25) is 4.52 Å². The third kappa shape index (κ3) is 5.86. The van der Waals surface area contributed by atoms with Crippen molar-refractivity contribution in [3.05, 3.63) is 58.7 Å². The molecule has 0 spiro atoms. The van der Waals surface area contributed by atoms with E-state index in [1.54, 1.807) is 14.2 Å². The summed E-state index contributed by atoms with van der Waals surface area (Å²) < 4.78 is 19.8. The molecule has 2 aromatic rings. The lowest BCUT2D eigenvalue weighted by atomic mass is 9.79. The Hall–Kier alpha value is -1.41. The monoisotopic (exact) mass is 487 g/mol. The van der Waals surface area contributed by atoms with Crippen LogP contribution in [0.4, 0.5) is 0 Å². The van der Waals surface area contributed by atoms with Crippen LogP contribution in [0.25, 0.3) is 0 Å². The van der Waals surface area contributed by atoms with Crippen molar-refractivity contribution < 1.29 is 13.6 Å². The molecule has 0 atom stereocenters.